The van der Waals surface area contributed by atoms with E-state index in [-0.39, 0.29) is 22.5 Å². The second-order valence-corrected chi connectivity index (χ2v) is 20.6. The summed E-state index contributed by atoms with van der Waals surface area (Å²) < 4.78 is 97.3. The van der Waals surface area contributed by atoms with Crippen LogP contribution in [-0.2, 0) is 10.8 Å². The zero-order valence-corrected chi connectivity index (χ0v) is 40.4. The van der Waals surface area contributed by atoms with Crippen molar-refractivity contribution in [2.75, 3.05) is 14.7 Å². The molecular formula is C67H52BN3O. The number of anilines is 9. The lowest BCUT2D eigenvalue weighted by molar-refractivity contribution is 0.590. The van der Waals surface area contributed by atoms with Crippen LogP contribution in [0.1, 0.15) is 65.0 Å². The molecule has 0 saturated heterocycles. The molecule has 344 valence electrons. The van der Waals surface area contributed by atoms with Crippen LogP contribution >= 0.6 is 0 Å². The molecule has 14 rings (SSSR count). The Morgan fingerprint density at radius 2 is 1.18 bits per heavy atom. The van der Waals surface area contributed by atoms with E-state index in [9.17, 15) is 5.48 Å². The molecule has 1 aliphatic carbocycles. The summed E-state index contributed by atoms with van der Waals surface area (Å²) in [4.78, 5) is 5.86. The van der Waals surface area contributed by atoms with Crippen LogP contribution in [-0.4, -0.2) is 6.71 Å². The third-order valence-electron chi connectivity index (χ3n) is 15.2. The third kappa shape index (κ3) is 6.33. The molecule has 1 aromatic heterocycles. The van der Waals surface area contributed by atoms with Gasteiger partial charge in [-0.05, 0) is 140 Å². The van der Waals surface area contributed by atoms with E-state index in [1.165, 1.54) is 27.2 Å². The number of benzene rings is 10. The summed E-state index contributed by atoms with van der Waals surface area (Å²) in [6.07, 6.45) is 0. The predicted molar refractivity (Wildman–Crippen MR) is 304 cm³/mol. The molecule has 0 spiro atoms. The minimum Gasteiger partial charge on any atom is -0.454 e. The molecule has 0 fully saturated rings. The van der Waals surface area contributed by atoms with Crippen LogP contribution in [0.4, 0.5) is 51.2 Å². The number of para-hydroxylation sites is 4. The van der Waals surface area contributed by atoms with Gasteiger partial charge in [-0.3, -0.25) is 0 Å². The molecule has 0 bridgehead atoms. The fraction of sp³-hybridized carbons (Fsp3) is 0.104. The van der Waals surface area contributed by atoms with Gasteiger partial charge in [0.25, 0.3) is 6.71 Å². The molecule has 0 radical (unpaired) electrons. The van der Waals surface area contributed by atoms with Crippen LogP contribution in [0.15, 0.2) is 229 Å². The molecule has 5 heteroatoms. The molecule has 0 atom stereocenters. The Morgan fingerprint density at radius 1 is 0.500 bits per heavy atom. The van der Waals surface area contributed by atoms with Crippen molar-refractivity contribution < 1.29 is 18.1 Å². The van der Waals surface area contributed by atoms with E-state index in [0.29, 0.717) is 22.5 Å². The van der Waals surface area contributed by atoms with E-state index in [0.717, 1.165) is 66.6 Å². The van der Waals surface area contributed by atoms with Crippen molar-refractivity contribution in [3.05, 3.63) is 241 Å². The molecule has 10 aromatic carbocycles. The Bertz CT molecular complexity index is 4460. The summed E-state index contributed by atoms with van der Waals surface area (Å²) >= 11 is 0. The number of fused-ring (bicyclic) bond motifs is 10. The zero-order valence-electron chi connectivity index (χ0n) is 50.4. The maximum atomic E-state index is 9.40. The molecule has 0 amide bonds. The highest BCUT2D eigenvalue weighted by atomic mass is 16.3. The topological polar surface area (TPSA) is 22.9 Å². The summed E-state index contributed by atoms with van der Waals surface area (Å²) in [6.45, 7) is 10.8. The third-order valence-corrected chi connectivity index (χ3v) is 15.2. The quantitative estimate of drug-likeness (QED) is 0.155. The van der Waals surface area contributed by atoms with Crippen molar-refractivity contribution in [3.8, 4) is 22.3 Å². The molecule has 3 aliphatic rings. The van der Waals surface area contributed by atoms with Gasteiger partial charge in [0.2, 0.25) is 0 Å². The highest BCUT2D eigenvalue weighted by Gasteiger charge is 2.46. The summed E-state index contributed by atoms with van der Waals surface area (Å²) in [7, 11) is 0. The van der Waals surface area contributed by atoms with Gasteiger partial charge in [-0.25, -0.2) is 0 Å². The first-order valence-corrected chi connectivity index (χ1v) is 24.5. The minimum absolute atomic E-state index is 0.186. The van der Waals surface area contributed by atoms with Gasteiger partial charge in [-0.15, -0.1) is 0 Å². The van der Waals surface area contributed by atoms with Gasteiger partial charge in [0, 0.05) is 61.7 Å². The van der Waals surface area contributed by atoms with Crippen molar-refractivity contribution in [3.63, 3.8) is 0 Å². The first-order chi connectivity index (χ1) is 39.3. The molecule has 0 saturated carbocycles. The SMILES string of the molecule is [2H]c1c([2H])c([2H])c(N(c2ccc3c(c2)N(c2cccc4c2oc2ccccc24)c2cc(C(C)(C)C)cc4c2B3c2cc(-c3ccccc3)ccc2N4c2ccc3c(c2)C(C)(C)c2ccccc2-3)c2c([2H])c([2H])c([2H])c([2H])c2[2H])c([2H])c1[2H]. The Hall–Kier alpha value is -8.54. The van der Waals surface area contributed by atoms with Crippen molar-refractivity contribution in [2.45, 2.75) is 45.4 Å². The average Bonchev–Trinajstić information content (AvgIpc) is 1.08. The molecular weight excluding hydrogens is 874 g/mol. The number of furan rings is 1. The van der Waals surface area contributed by atoms with Crippen molar-refractivity contribution in [2.24, 2.45) is 0 Å². The Morgan fingerprint density at radius 3 is 1.94 bits per heavy atom. The van der Waals surface area contributed by atoms with E-state index >= 15 is 0 Å². The summed E-state index contributed by atoms with van der Waals surface area (Å²) in [5.41, 5.74) is 16.1. The number of hydrogen-bond donors (Lipinski definition) is 0. The van der Waals surface area contributed by atoms with Gasteiger partial charge in [-0.2, -0.15) is 0 Å². The molecule has 3 heterocycles. The second kappa shape index (κ2) is 15.7. The molecule has 72 heavy (non-hydrogen) atoms. The van der Waals surface area contributed by atoms with Crippen LogP contribution < -0.4 is 31.1 Å². The lowest BCUT2D eigenvalue weighted by atomic mass is 9.33. The predicted octanol–water partition coefficient (Wildman–Crippen LogP) is 16.4. The Kier molecular flexibility index (Phi) is 7.24. The normalized spacial score (nSPS) is 15.9. The second-order valence-electron chi connectivity index (χ2n) is 20.6. The molecule has 0 N–H and O–H groups in total. The smallest absolute Gasteiger partial charge is 0.252 e. The lowest BCUT2D eigenvalue weighted by Crippen LogP contribution is -2.61. The van der Waals surface area contributed by atoms with E-state index < -0.39 is 72.6 Å². The maximum Gasteiger partial charge on any atom is 0.252 e. The summed E-state index contributed by atoms with van der Waals surface area (Å²) in [6, 6.07) is 50.5. The number of hydrogen-bond acceptors (Lipinski definition) is 4. The van der Waals surface area contributed by atoms with Crippen LogP contribution in [0, 0.1) is 0 Å². The monoisotopic (exact) mass is 935 g/mol. The van der Waals surface area contributed by atoms with E-state index in [2.05, 4.69) is 129 Å². The highest BCUT2D eigenvalue weighted by Crippen LogP contribution is 2.53. The molecule has 4 nitrogen and oxygen atoms in total. The van der Waals surface area contributed by atoms with Gasteiger partial charge >= 0.3 is 0 Å². The fourth-order valence-corrected chi connectivity index (χ4v) is 11.7. The Balaban J connectivity index is 1.12. The molecule has 11 aromatic rings. The van der Waals surface area contributed by atoms with Crippen molar-refractivity contribution >= 4 is 96.2 Å². The fourth-order valence-electron chi connectivity index (χ4n) is 11.7. The molecule has 2 aliphatic heterocycles. The van der Waals surface area contributed by atoms with Crippen molar-refractivity contribution in [1.82, 2.24) is 0 Å². The lowest BCUT2D eigenvalue weighted by Gasteiger charge is -2.45. The maximum absolute atomic E-state index is 9.40. The van der Waals surface area contributed by atoms with Gasteiger partial charge < -0.3 is 19.1 Å². The first-order valence-electron chi connectivity index (χ1n) is 29.5. The summed E-state index contributed by atoms with van der Waals surface area (Å²) in [5, 5.41) is 1.81. The van der Waals surface area contributed by atoms with Crippen molar-refractivity contribution in [1.29, 1.82) is 0 Å². The zero-order chi connectivity index (χ0) is 57.2. The van der Waals surface area contributed by atoms with Crippen LogP contribution in [0.3, 0.4) is 0 Å². The number of nitrogens with zero attached hydrogens (tertiary/aromatic N) is 3. The standard InChI is InChI=1S/C67H52BN3O/c1-66(2,3)45-39-61-64-62(40-45)71(59-30-19-28-53-52-27-16-18-31-63(52)72-65(53)59)60-42-49(69(46-22-11-7-12-23-46)47-24-13-8-14-25-47)34-36-56(60)68(64)57-38-44(43-20-9-6-10-21-43)32-37-58(57)70(61)48-33-35-51-50-26-15-17-29-54(50)67(4,5)55(51)41-48/h6-42H,1-5H3/i7D,8D,11D,12D,13D,14D,22D,23D,24D,25D. The van der Waals surface area contributed by atoms with Crippen LogP contribution in [0.5, 0.6) is 0 Å². The number of rotatable bonds is 6. The Labute approximate surface area is 436 Å². The average molecular weight is 936 g/mol. The van der Waals surface area contributed by atoms with E-state index in [1.54, 1.807) is 6.07 Å². The van der Waals surface area contributed by atoms with Gasteiger partial charge in [-0.1, -0.05) is 180 Å². The minimum atomic E-state index is -0.644. The van der Waals surface area contributed by atoms with Gasteiger partial charge in [0.1, 0.15) is 5.58 Å². The van der Waals surface area contributed by atoms with Gasteiger partial charge in [0.15, 0.2) is 5.58 Å². The largest absolute Gasteiger partial charge is 0.454 e. The highest BCUT2D eigenvalue weighted by molar-refractivity contribution is 7.00. The molecule has 0 unspecified atom stereocenters. The van der Waals surface area contributed by atoms with Gasteiger partial charge in [0.05, 0.1) is 19.4 Å². The van der Waals surface area contributed by atoms with Crippen LogP contribution in [0.25, 0.3) is 44.2 Å². The van der Waals surface area contributed by atoms with E-state index in [4.69, 9.17) is 12.6 Å². The first kappa shape index (κ1) is 33.1. The summed E-state index contributed by atoms with van der Waals surface area (Å²) in [5.74, 6) is 0. The van der Waals surface area contributed by atoms with Crippen LogP contribution in [0.2, 0.25) is 0 Å². The van der Waals surface area contributed by atoms with E-state index in [1.807, 2.05) is 72.8 Å².